The fourth-order valence-electron chi connectivity index (χ4n) is 3.66. The smallest absolute Gasteiger partial charge is 0.338 e. The van der Waals surface area contributed by atoms with Crippen molar-refractivity contribution >= 4 is 44.9 Å². The molecule has 2 aromatic rings. The molecule has 3 rings (SSSR count). The minimum absolute atomic E-state index is 0.0606. The molecule has 1 unspecified atom stereocenters. The van der Waals surface area contributed by atoms with E-state index in [4.69, 9.17) is 21.1 Å². The van der Waals surface area contributed by atoms with E-state index in [1.54, 1.807) is 0 Å². The second-order valence-corrected chi connectivity index (χ2v) is 10.5. The van der Waals surface area contributed by atoms with Gasteiger partial charge in [0, 0.05) is 25.2 Å². The Morgan fingerprint density at radius 3 is 2.36 bits per heavy atom. The first-order valence-corrected chi connectivity index (χ1v) is 13.0. The number of ether oxygens (including phenoxy) is 2. The number of methoxy groups -OCH3 is 1. The molecule has 1 heterocycles. The summed E-state index contributed by atoms with van der Waals surface area (Å²) in [7, 11) is -2.59. The zero-order valence-electron chi connectivity index (χ0n) is 19.7. The maximum Gasteiger partial charge on any atom is 0.338 e. The Bertz CT molecular complexity index is 1260. The molecule has 11 nitrogen and oxygen atoms in total. The molecule has 1 N–H and O–H groups in total. The van der Waals surface area contributed by atoms with Crippen LogP contribution in [-0.2, 0) is 19.6 Å². The number of esters is 1. The highest BCUT2D eigenvalue weighted by Crippen LogP contribution is 2.30. The van der Waals surface area contributed by atoms with Crippen molar-refractivity contribution in [2.24, 2.45) is 0 Å². The van der Waals surface area contributed by atoms with Crippen molar-refractivity contribution in [3.63, 3.8) is 0 Å². The van der Waals surface area contributed by atoms with E-state index in [2.05, 4.69) is 5.32 Å². The summed E-state index contributed by atoms with van der Waals surface area (Å²) in [5.74, 6) is -1.55. The molecular weight excluding hydrogens is 514 g/mol. The van der Waals surface area contributed by atoms with Crippen LogP contribution in [0.5, 0.6) is 5.75 Å². The van der Waals surface area contributed by atoms with Gasteiger partial charge in [-0.1, -0.05) is 24.4 Å². The second-order valence-electron chi connectivity index (χ2n) is 8.14. The number of nitrogens with zero attached hydrogens (tertiary/aromatic N) is 2. The van der Waals surface area contributed by atoms with Gasteiger partial charge in [0.25, 0.3) is 11.6 Å². The summed E-state index contributed by atoms with van der Waals surface area (Å²) in [5, 5.41) is 13.2. The molecule has 13 heteroatoms. The molecule has 2 aromatic carbocycles. The average molecular weight is 540 g/mol. The number of hydrogen-bond acceptors (Lipinski definition) is 8. The Labute approximate surface area is 213 Å². The number of anilines is 1. The second kappa shape index (κ2) is 11.7. The van der Waals surface area contributed by atoms with Gasteiger partial charge in [0.05, 0.1) is 28.3 Å². The highest BCUT2D eigenvalue weighted by molar-refractivity contribution is 7.89. The summed E-state index contributed by atoms with van der Waals surface area (Å²) in [6, 6.07) is 7.40. The first-order chi connectivity index (χ1) is 17.0. The van der Waals surface area contributed by atoms with Crippen LogP contribution in [0.2, 0.25) is 5.02 Å². The molecule has 0 bridgehead atoms. The van der Waals surface area contributed by atoms with E-state index in [0.29, 0.717) is 13.1 Å². The Morgan fingerprint density at radius 1 is 1.11 bits per heavy atom. The van der Waals surface area contributed by atoms with Crippen molar-refractivity contribution in [2.45, 2.75) is 43.6 Å². The molecule has 1 aliphatic rings. The van der Waals surface area contributed by atoms with Crippen LogP contribution in [0.3, 0.4) is 0 Å². The van der Waals surface area contributed by atoms with Crippen LogP contribution in [0.4, 0.5) is 11.4 Å². The number of benzene rings is 2. The number of amides is 1. The van der Waals surface area contributed by atoms with E-state index >= 15 is 0 Å². The molecule has 1 amide bonds. The van der Waals surface area contributed by atoms with Crippen LogP contribution in [0, 0.1) is 10.1 Å². The summed E-state index contributed by atoms with van der Waals surface area (Å²) >= 11 is 5.99. The Kier molecular flexibility index (Phi) is 8.88. The van der Waals surface area contributed by atoms with Crippen molar-refractivity contribution in [3.05, 3.63) is 57.1 Å². The molecule has 0 saturated carbocycles. The summed E-state index contributed by atoms with van der Waals surface area (Å²) < 4.78 is 38.4. The van der Waals surface area contributed by atoms with Crippen LogP contribution in [0.15, 0.2) is 41.3 Å². The van der Waals surface area contributed by atoms with E-state index in [9.17, 15) is 28.1 Å². The number of nitro groups is 1. The van der Waals surface area contributed by atoms with Gasteiger partial charge >= 0.3 is 5.97 Å². The van der Waals surface area contributed by atoms with Crippen LogP contribution in [0.1, 0.15) is 43.0 Å². The van der Waals surface area contributed by atoms with Crippen molar-refractivity contribution in [2.75, 3.05) is 25.5 Å². The normalized spacial score (nSPS) is 15.4. The van der Waals surface area contributed by atoms with Gasteiger partial charge in [-0.2, -0.15) is 4.31 Å². The number of halogens is 1. The van der Waals surface area contributed by atoms with Gasteiger partial charge in [0.2, 0.25) is 10.0 Å². The lowest BCUT2D eigenvalue weighted by Crippen LogP contribution is -2.32. The maximum absolute atomic E-state index is 13.3. The van der Waals surface area contributed by atoms with E-state index in [1.165, 1.54) is 48.7 Å². The van der Waals surface area contributed by atoms with Crippen LogP contribution in [-0.4, -0.2) is 55.8 Å². The van der Waals surface area contributed by atoms with Crippen molar-refractivity contribution in [1.82, 2.24) is 4.31 Å². The third kappa shape index (κ3) is 6.31. The molecule has 36 heavy (non-hydrogen) atoms. The average Bonchev–Trinajstić information content (AvgIpc) is 3.15. The largest absolute Gasteiger partial charge is 0.495 e. The van der Waals surface area contributed by atoms with Gasteiger partial charge in [-0.3, -0.25) is 14.9 Å². The zero-order chi connectivity index (χ0) is 26.5. The van der Waals surface area contributed by atoms with Crippen LogP contribution < -0.4 is 10.1 Å². The lowest BCUT2D eigenvalue weighted by atomic mass is 10.2. The van der Waals surface area contributed by atoms with Crippen molar-refractivity contribution in [3.8, 4) is 5.75 Å². The molecule has 0 aliphatic carbocycles. The monoisotopic (exact) mass is 539 g/mol. The van der Waals surface area contributed by atoms with Gasteiger partial charge in [-0.05, 0) is 44.0 Å². The summed E-state index contributed by atoms with van der Waals surface area (Å²) in [4.78, 5) is 35.3. The number of non-ortho nitro benzene ring substituents is 1. The summed E-state index contributed by atoms with van der Waals surface area (Å²) in [5.41, 5.74) is -0.217. The molecule has 1 fully saturated rings. The molecule has 0 radical (unpaired) electrons. The van der Waals surface area contributed by atoms with E-state index in [-0.39, 0.29) is 32.6 Å². The SMILES string of the molecule is COc1ccc(C(=O)OC(C)C(=O)Nc2ccc([N+](=O)[O-])cc2Cl)cc1S(=O)(=O)N1CCCCCC1. The number of nitrogens with one attached hydrogen (secondary N) is 1. The number of sulfonamides is 1. The molecule has 1 atom stereocenters. The third-order valence-corrected chi connectivity index (χ3v) is 7.89. The highest BCUT2D eigenvalue weighted by Gasteiger charge is 2.30. The van der Waals surface area contributed by atoms with E-state index in [1.807, 2.05) is 0 Å². The minimum Gasteiger partial charge on any atom is -0.495 e. The summed E-state index contributed by atoms with van der Waals surface area (Å²) in [6.07, 6.45) is 2.10. The van der Waals surface area contributed by atoms with Crippen molar-refractivity contribution in [1.29, 1.82) is 0 Å². The number of hydrogen-bond donors (Lipinski definition) is 1. The molecule has 1 aliphatic heterocycles. The topological polar surface area (TPSA) is 145 Å². The number of nitro benzene ring substituents is 1. The van der Waals surface area contributed by atoms with Gasteiger partial charge in [0.1, 0.15) is 10.6 Å². The molecule has 194 valence electrons. The lowest BCUT2D eigenvalue weighted by Gasteiger charge is -2.21. The van der Waals surface area contributed by atoms with Gasteiger partial charge in [-0.15, -0.1) is 0 Å². The zero-order valence-corrected chi connectivity index (χ0v) is 21.3. The fraction of sp³-hybridized carbons (Fsp3) is 0.391. The predicted molar refractivity (Wildman–Crippen MR) is 132 cm³/mol. The van der Waals surface area contributed by atoms with E-state index in [0.717, 1.165) is 31.7 Å². The molecule has 0 spiro atoms. The number of carbonyl (C=O) groups excluding carboxylic acids is 2. The Morgan fingerprint density at radius 2 is 1.78 bits per heavy atom. The lowest BCUT2D eigenvalue weighted by molar-refractivity contribution is -0.384. The first kappa shape index (κ1) is 27.4. The Hall–Kier alpha value is -3.22. The fourth-order valence-corrected chi connectivity index (χ4v) is 5.58. The predicted octanol–water partition coefficient (Wildman–Crippen LogP) is 4.01. The molecule has 0 aromatic heterocycles. The molecular formula is C23H26ClN3O8S. The molecule has 1 saturated heterocycles. The van der Waals surface area contributed by atoms with Crippen LogP contribution >= 0.6 is 11.6 Å². The van der Waals surface area contributed by atoms with Gasteiger partial charge in [-0.25, -0.2) is 13.2 Å². The van der Waals surface area contributed by atoms with Gasteiger partial charge in [0.15, 0.2) is 6.10 Å². The minimum atomic E-state index is -3.93. The van der Waals surface area contributed by atoms with Crippen LogP contribution in [0.25, 0.3) is 0 Å². The quantitative estimate of drug-likeness (QED) is 0.301. The third-order valence-electron chi connectivity index (χ3n) is 5.66. The maximum atomic E-state index is 13.3. The first-order valence-electron chi connectivity index (χ1n) is 11.2. The van der Waals surface area contributed by atoms with Gasteiger partial charge < -0.3 is 14.8 Å². The van der Waals surface area contributed by atoms with Crippen molar-refractivity contribution < 1.29 is 32.4 Å². The van der Waals surface area contributed by atoms with E-state index < -0.39 is 32.9 Å². The standard InChI is InChI=1S/C23H26ClN3O8S/c1-15(22(28)25-19-9-8-17(27(30)31)14-18(19)24)35-23(29)16-7-10-20(34-2)21(13-16)36(32,33)26-11-5-3-4-6-12-26/h7-10,13-15H,3-6,11-12H2,1-2H3,(H,25,28). The summed E-state index contributed by atoms with van der Waals surface area (Å²) in [6.45, 7) is 2.08. The number of rotatable bonds is 8. The number of carbonyl (C=O) groups is 2. The Balaban J connectivity index is 1.76. The highest BCUT2D eigenvalue weighted by atomic mass is 35.5.